The minimum atomic E-state index is -3.20. The molecule has 18 heavy (non-hydrogen) atoms. The van der Waals surface area contributed by atoms with Crippen LogP contribution in [0.3, 0.4) is 0 Å². The molecule has 5 heteroatoms. The zero-order chi connectivity index (χ0) is 12.8. The zero-order valence-electron chi connectivity index (χ0n) is 9.64. The number of hydrogen-bond acceptors (Lipinski definition) is 3. The molecule has 0 radical (unpaired) electrons. The van der Waals surface area contributed by atoms with E-state index in [1.54, 1.807) is 30.5 Å². The van der Waals surface area contributed by atoms with Gasteiger partial charge in [0.25, 0.3) is 0 Å². The van der Waals surface area contributed by atoms with E-state index >= 15 is 0 Å². The topological polar surface area (TPSA) is 47.0 Å². The van der Waals surface area contributed by atoms with Crippen molar-refractivity contribution < 1.29 is 8.42 Å². The van der Waals surface area contributed by atoms with Crippen molar-refractivity contribution in [2.75, 3.05) is 0 Å². The molecule has 1 heterocycles. The van der Waals surface area contributed by atoms with Gasteiger partial charge in [0.05, 0.1) is 20.7 Å². The van der Waals surface area contributed by atoms with Crippen molar-refractivity contribution in [1.29, 1.82) is 0 Å². The highest BCUT2D eigenvalue weighted by Gasteiger charge is 2.32. The van der Waals surface area contributed by atoms with Crippen molar-refractivity contribution >= 4 is 32.3 Å². The van der Waals surface area contributed by atoms with E-state index < -0.39 is 9.84 Å². The smallest absolute Gasteiger partial charge is 0.181 e. The molecule has 3 nitrogen and oxygen atoms in total. The number of halogens is 1. The van der Waals surface area contributed by atoms with Gasteiger partial charge in [-0.3, -0.25) is 4.98 Å². The molecule has 1 aromatic carbocycles. The summed E-state index contributed by atoms with van der Waals surface area (Å²) in [6, 6.07) is 6.65. The van der Waals surface area contributed by atoms with Gasteiger partial charge in [-0.2, -0.15) is 0 Å². The Hall–Kier alpha value is -1.13. The quantitative estimate of drug-likeness (QED) is 0.849. The predicted octanol–water partition coefficient (Wildman–Crippen LogP) is 3.21. The monoisotopic (exact) mass is 281 g/mol. The Bertz CT molecular complexity index is 708. The molecule has 1 saturated carbocycles. The molecule has 0 aliphatic heterocycles. The molecule has 0 atom stereocenters. The highest BCUT2D eigenvalue weighted by atomic mass is 35.5. The normalized spacial score (nSPS) is 16.7. The molecule has 0 unspecified atom stereocenters. The van der Waals surface area contributed by atoms with Crippen LogP contribution in [-0.2, 0) is 9.84 Å². The van der Waals surface area contributed by atoms with E-state index in [2.05, 4.69) is 4.98 Å². The Morgan fingerprint density at radius 2 is 2.00 bits per heavy atom. The van der Waals surface area contributed by atoms with E-state index in [9.17, 15) is 8.42 Å². The summed E-state index contributed by atoms with van der Waals surface area (Å²) in [6.45, 7) is 0. The highest BCUT2D eigenvalue weighted by Crippen LogP contribution is 2.33. The lowest BCUT2D eigenvalue weighted by molar-refractivity contribution is 0.477. The summed E-state index contributed by atoms with van der Waals surface area (Å²) in [5.74, 6) is 0. The van der Waals surface area contributed by atoms with Gasteiger partial charge >= 0.3 is 0 Å². The maximum atomic E-state index is 12.3. The summed E-state index contributed by atoms with van der Waals surface area (Å²) in [4.78, 5) is 4.52. The van der Waals surface area contributed by atoms with Crippen molar-refractivity contribution in [3.63, 3.8) is 0 Å². The standard InChI is InChI=1S/C13H12ClNO2S/c14-12-6-7-15-13-5-4-10(8-11(12)13)18(16,17)9-2-1-3-9/h4-9H,1-3H2. The van der Waals surface area contributed by atoms with Crippen LogP contribution in [0.25, 0.3) is 10.9 Å². The number of aromatic nitrogens is 1. The molecule has 1 aliphatic rings. The Balaban J connectivity index is 2.16. The van der Waals surface area contributed by atoms with Gasteiger partial charge in [-0.1, -0.05) is 18.0 Å². The number of fused-ring (bicyclic) bond motifs is 1. The second-order valence-corrected chi connectivity index (χ2v) is 7.20. The van der Waals surface area contributed by atoms with Crippen LogP contribution in [-0.4, -0.2) is 18.7 Å². The van der Waals surface area contributed by atoms with E-state index in [4.69, 9.17) is 11.6 Å². The molecule has 0 saturated heterocycles. The molecule has 0 bridgehead atoms. The fraction of sp³-hybridized carbons (Fsp3) is 0.308. The average Bonchev–Trinajstić information content (AvgIpc) is 2.26. The maximum Gasteiger partial charge on any atom is 0.181 e. The number of sulfone groups is 1. The van der Waals surface area contributed by atoms with Gasteiger partial charge in [0.15, 0.2) is 9.84 Å². The lowest BCUT2D eigenvalue weighted by Crippen LogP contribution is -2.28. The molecule has 0 amide bonds. The van der Waals surface area contributed by atoms with Crippen LogP contribution in [0.4, 0.5) is 0 Å². The van der Waals surface area contributed by atoms with Gasteiger partial charge in [-0.05, 0) is 37.1 Å². The Kier molecular flexibility index (Phi) is 2.79. The minimum Gasteiger partial charge on any atom is -0.256 e. The number of nitrogens with zero attached hydrogens (tertiary/aromatic N) is 1. The van der Waals surface area contributed by atoms with E-state index in [1.165, 1.54) is 0 Å². The molecular formula is C13H12ClNO2S. The summed E-state index contributed by atoms with van der Waals surface area (Å²) in [6.07, 6.45) is 4.15. The molecule has 94 valence electrons. The third kappa shape index (κ3) is 1.80. The van der Waals surface area contributed by atoms with Crippen LogP contribution < -0.4 is 0 Å². The molecule has 1 fully saturated rings. The fourth-order valence-electron chi connectivity index (χ4n) is 2.14. The summed E-state index contributed by atoms with van der Waals surface area (Å²) in [7, 11) is -3.20. The van der Waals surface area contributed by atoms with Gasteiger partial charge in [0, 0.05) is 11.6 Å². The Morgan fingerprint density at radius 3 is 2.67 bits per heavy atom. The van der Waals surface area contributed by atoms with Gasteiger partial charge in [-0.15, -0.1) is 0 Å². The van der Waals surface area contributed by atoms with Gasteiger partial charge in [0.2, 0.25) is 0 Å². The maximum absolute atomic E-state index is 12.3. The number of hydrogen-bond donors (Lipinski definition) is 0. The first-order chi connectivity index (χ1) is 8.59. The molecule has 0 N–H and O–H groups in total. The summed E-state index contributed by atoms with van der Waals surface area (Å²) in [5, 5.41) is 1.01. The summed E-state index contributed by atoms with van der Waals surface area (Å²) in [5.41, 5.74) is 0.718. The van der Waals surface area contributed by atoms with Gasteiger partial charge in [-0.25, -0.2) is 8.42 Å². The van der Waals surface area contributed by atoms with Gasteiger partial charge < -0.3 is 0 Å². The molecule has 2 aromatic rings. The van der Waals surface area contributed by atoms with Crippen molar-refractivity contribution in [2.45, 2.75) is 29.4 Å². The van der Waals surface area contributed by atoms with Crippen LogP contribution in [0.15, 0.2) is 35.4 Å². The van der Waals surface area contributed by atoms with Crippen LogP contribution >= 0.6 is 11.6 Å². The molecular weight excluding hydrogens is 270 g/mol. The Morgan fingerprint density at radius 1 is 1.22 bits per heavy atom. The van der Waals surface area contributed by atoms with Crippen LogP contribution in [0.2, 0.25) is 5.02 Å². The first-order valence-corrected chi connectivity index (χ1v) is 7.79. The third-order valence-electron chi connectivity index (χ3n) is 3.48. The number of rotatable bonds is 2. The van der Waals surface area contributed by atoms with E-state index in [0.717, 1.165) is 24.8 Å². The van der Waals surface area contributed by atoms with Crippen LogP contribution in [0, 0.1) is 0 Å². The molecule has 1 aliphatic carbocycles. The minimum absolute atomic E-state index is 0.217. The summed E-state index contributed by atoms with van der Waals surface area (Å²) >= 11 is 6.07. The van der Waals surface area contributed by atoms with Crippen molar-refractivity contribution in [3.8, 4) is 0 Å². The average molecular weight is 282 g/mol. The second-order valence-electron chi connectivity index (χ2n) is 4.57. The predicted molar refractivity (Wildman–Crippen MR) is 71.6 cm³/mol. The van der Waals surface area contributed by atoms with Gasteiger partial charge in [0.1, 0.15) is 0 Å². The fourth-order valence-corrected chi connectivity index (χ4v) is 4.23. The molecule has 3 rings (SSSR count). The molecule has 0 spiro atoms. The molecule has 1 aromatic heterocycles. The zero-order valence-corrected chi connectivity index (χ0v) is 11.2. The first kappa shape index (κ1) is 11.9. The van der Waals surface area contributed by atoms with Crippen LogP contribution in [0.5, 0.6) is 0 Å². The van der Waals surface area contributed by atoms with Crippen molar-refractivity contribution in [2.24, 2.45) is 0 Å². The number of benzene rings is 1. The Labute approximate surface area is 111 Å². The van der Waals surface area contributed by atoms with Crippen molar-refractivity contribution in [3.05, 3.63) is 35.5 Å². The van der Waals surface area contributed by atoms with E-state index in [0.29, 0.717) is 15.3 Å². The van der Waals surface area contributed by atoms with Crippen LogP contribution in [0.1, 0.15) is 19.3 Å². The highest BCUT2D eigenvalue weighted by molar-refractivity contribution is 7.92. The first-order valence-electron chi connectivity index (χ1n) is 5.87. The van der Waals surface area contributed by atoms with E-state index in [-0.39, 0.29) is 5.25 Å². The van der Waals surface area contributed by atoms with Crippen molar-refractivity contribution in [1.82, 2.24) is 4.98 Å². The van der Waals surface area contributed by atoms with E-state index in [1.807, 2.05) is 0 Å². The SMILES string of the molecule is O=S(=O)(c1ccc2nccc(Cl)c2c1)C1CCC1. The lowest BCUT2D eigenvalue weighted by atomic mass is 10.00. The largest absolute Gasteiger partial charge is 0.256 e. The summed E-state index contributed by atoms with van der Waals surface area (Å²) < 4.78 is 24.6. The lowest BCUT2D eigenvalue weighted by Gasteiger charge is -2.25. The number of pyridine rings is 1. The third-order valence-corrected chi connectivity index (χ3v) is 6.07. The second kappa shape index (κ2) is 4.21.